The second kappa shape index (κ2) is 3.95. The maximum atomic E-state index is 8.71. The highest BCUT2D eigenvalue weighted by Gasteiger charge is 2.07. The summed E-state index contributed by atoms with van der Waals surface area (Å²) in [6.07, 6.45) is 0. The number of methoxy groups -OCH3 is 1. The second-order valence-electron chi connectivity index (χ2n) is 3.03. The van der Waals surface area contributed by atoms with Crippen LogP contribution in [0.3, 0.4) is 0 Å². The lowest BCUT2D eigenvalue weighted by Gasteiger charge is -2.10. The first-order valence-corrected chi connectivity index (χ1v) is 4.07. The van der Waals surface area contributed by atoms with Gasteiger partial charge in [-0.2, -0.15) is 5.26 Å². The normalized spacial score (nSPS) is 9.77. The third-order valence-electron chi connectivity index (χ3n) is 1.87. The highest BCUT2D eigenvalue weighted by Crippen LogP contribution is 2.26. The number of benzene rings is 1. The first-order valence-electron chi connectivity index (χ1n) is 4.07. The molecule has 2 heteroatoms. The van der Waals surface area contributed by atoms with Crippen LogP contribution < -0.4 is 4.74 Å². The quantitative estimate of drug-likeness (QED) is 0.690. The molecular formula is C11H12NO. The lowest BCUT2D eigenvalue weighted by atomic mass is 10.00. The molecule has 0 N–H and O–H groups in total. The summed E-state index contributed by atoms with van der Waals surface area (Å²) in [5, 5.41) is 8.71. The topological polar surface area (TPSA) is 33.0 Å². The van der Waals surface area contributed by atoms with Crippen molar-refractivity contribution in [2.24, 2.45) is 0 Å². The van der Waals surface area contributed by atoms with Gasteiger partial charge in [0, 0.05) is 11.5 Å². The van der Waals surface area contributed by atoms with Gasteiger partial charge in [0.2, 0.25) is 0 Å². The summed E-state index contributed by atoms with van der Waals surface area (Å²) in [4.78, 5) is 0. The zero-order valence-electron chi connectivity index (χ0n) is 8.09. The van der Waals surface area contributed by atoms with Crippen molar-refractivity contribution in [2.45, 2.75) is 13.8 Å². The van der Waals surface area contributed by atoms with Crippen molar-refractivity contribution >= 4 is 0 Å². The van der Waals surface area contributed by atoms with Crippen LogP contribution in [0, 0.1) is 17.2 Å². The summed E-state index contributed by atoms with van der Waals surface area (Å²) in [6.45, 7) is 4.00. The second-order valence-corrected chi connectivity index (χ2v) is 3.03. The van der Waals surface area contributed by atoms with E-state index in [0.29, 0.717) is 5.56 Å². The molecule has 0 bridgehead atoms. The van der Waals surface area contributed by atoms with Gasteiger partial charge in [0.25, 0.3) is 0 Å². The van der Waals surface area contributed by atoms with Crippen molar-refractivity contribution < 1.29 is 4.74 Å². The maximum Gasteiger partial charge on any atom is 0.122 e. The van der Waals surface area contributed by atoms with Gasteiger partial charge in [0.15, 0.2) is 0 Å². The fourth-order valence-electron chi connectivity index (χ4n) is 1.17. The van der Waals surface area contributed by atoms with Gasteiger partial charge in [-0.25, -0.2) is 0 Å². The molecule has 0 unspecified atom stereocenters. The minimum absolute atomic E-state index is 0.664. The van der Waals surface area contributed by atoms with E-state index in [1.807, 2.05) is 26.0 Å². The zero-order chi connectivity index (χ0) is 9.84. The summed E-state index contributed by atoms with van der Waals surface area (Å²) in [7, 11) is 1.63. The molecule has 2 nitrogen and oxygen atoms in total. The van der Waals surface area contributed by atoms with E-state index in [9.17, 15) is 0 Å². The fourth-order valence-corrected chi connectivity index (χ4v) is 1.17. The SMILES string of the molecule is COc1ccc(C#N)cc1[C](C)C. The van der Waals surface area contributed by atoms with Crippen molar-refractivity contribution in [2.75, 3.05) is 7.11 Å². The number of hydrogen-bond donors (Lipinski definition) is 0. The lowest BCUT2D eigenvalue weighted by molar-refractivity contribution is 0.411. The van der Waals surface area contributed by atoms with Crippen LogP contribution in [0.1, 0.15) is 25.0 Å². The van der Waals surface area contributed by atoms with Crippen molar-refractivity contribution in [3.63, 3.8) is 0 Å². The third-order valence-corrected chi connectivity index (χ3v) is 1.87. The molecule has 0 saturated heterocycles. The summed E-state index contributed by atoms with van der Waals surface area (Å²) in [5.74, 6) is 1.97. The molecule has 0 spiro atoms. The van der Waals surface area contributed by atoms with E-state index >= 15 is 0 Å². The smallest absolute Gasteiger partial charge is 0.122 e. The molecule has 0 fully saturated rings. The molecule has 13 heavy (non-hydrogen) atoms. The Morgan fingerprint density at radius 2 is 2.08 bits per heavy atom. The fraction of sp³-hybridized carbons (Fsp3) is 0.273. The van der Waals surface area contributed by atoms with E-state index in [2.05, 4.69) is 6.07 Å². The minimum atomic E-state index is 0.664. The van der Waals surface area contributed by atoms with Crippen LogP contribution in [-0.2, 0) is 0 Å². The maximum absolute atomic E-state index is 8.71. The van der Waals surface area contributed by atoms with Crippen molar-refractivity contribution in [1.82, 2.24) is 0 Å². The number of nitrogens with zero attached hydrogens (tertiary/aromatic N) is 1. The van der Waals surface area contributed by atoms with Gasteiger partial charge in [-0.3, -0.25) is 0 Å². The molecule has 1 rings (SSSR count). The largest absolute Gasteiger partial charge is 0.496 e. The molecule has 0 amide bonds. The average molecular weight is 174 g/mol. The molecule has 0 aromatic heterocycles. The van der Waals surface area contributed by atoms with E-state index in [-0.39, 0.29) is 0 Å². The van der Waals surface area contributed by atoms with Crippen LogP contribution in [0.4, 0.5) is 0 Å². The van der Waals surface area contributed by atoms with E-state index in [0.717, 1.165) is 17.2 Å². The molecule has 0 atom stereocenters. The van der Waals surface area contributed by atoms with E-state index in [1.165, 1.54) is 0 Å². The Labute approximate surface area is 78.8 Å². The van der Waals surface area contributed by atoms with Gasteiger partial charge in [-0.05, 0) is 18.2 Å². The molecule has 0 saturated carbocycles. The zero-order valence-corrected chi connectivity index (χ0v) is 8.09. The van der Waals surface area contributed by atoms with Crippen LogP contribution in [0.5, 0.6) is 5.75 Å². The first-order chi connectivity index (χ1) is 6.19. The predicted octanol–water partition coefficient (Wildman–Crippen LogP) is 2.53. The van der Waals surface area contributed by atoms with Gasteiger partial charge in [0.05, 0.1) is 18.7 Å². The van der Waals surface area contributed by atoms with Crippen LogP contribution in [0.15, 0.2) is 18.2 Å². The molecule has 67 valence electrons. The molecular weight excluding hydrogens is 162 g/mol. The predicted molar refractivity (Wildman–Crippen MR) is 51.4 cm³/mol. The molecule has 0 aliphatic rings. The molecule has 0 aliphatic carbocycles. The first kappa shape index (κ1) is 9.60. The van der Waals surface area contributed by atoms with Gasteiger partial charge in [0.1, 0.15) is 5.75 Å². The lowest BCUT2D eigenvalue weighted by Crippen LogP contribution is -1.95. The average Bonchev–Trinajstić information content (AvgIpc) is 2.16. The number of hydrogen-bond acceptors (Lipinski definition) is 2. The summed E-state index contributed by atoms with van der Waals surface area (Å²) in [5.41, 5.74) is 1.67. The Morgan fingerprint density at radius 1 is 1.38 bits per heavy atom. The van der Waals surface area contributed by atoms with Gasteiger partial charge in [-0.15, -0.1) is 0 Å². The third kappa shape index (κ3) is 2.00. The molecule has 0 heterocycles. The minimum Gasteiger partial charge on any atom is -0.496 e. The Bertz CT molecular complexity index is 336. The van der Waals surface area contributed by atoms with Gasteiger partial charge >= 0.3 is 0 Å². The van der Waals surface area contributed by atoms with E-state index in [4.69, 9.17) is 10.00 Å². The van der Waals surface area contributed by atoms with Crippen LogP contribution in [0.2, 0.25) is 0 Å². The van der Waals surface area contributed by atoms with Gasteiger partial charge in [-0.1, -0.05) is 13.8 Å². The monoisotopic (exact) mass is 174 g/mol. The number of ether oxygens (including phenoxy) is 1. The van der Waals surface area contributed by atoms with Crippen molar-refractivity contribution in [3.05, 3.63) is 35.2 Å². The standard InChI is InChI=1S/C11H12NO/c1-8(2)10-6-9(7-12)4-5-11(10)13-3/h4-6H,1-3H3. The Balaban J connectivity index is 3.20. The molecule has 0 aliphatic heterocycles. The molecule has 1 aromatic rings. The molecule has 1 radical (unpaired) electrons. The Hall–Kier alpha value is -1.49. The number of nitriles is 1. The summed E-state index contributed by atoms with van der Waals surface area (Å²) in [6, 6.07) is 7.52. The summed E-state index contributed by atoms with van der Waals surface area (Å²) >= 11 is 0. The van der Waals surface area contributed by atoms with Crippen molar-refractivity contribution in [1.29, 1.82) is 5.26 Å². The Kier molecular flexibility index (Phi) is 2.92. The van der Waals surface area contributed by atoms with Crippen molar-refractivity contribution in [3.8, 4) is 11.8 Å². The summed E-state index contributed by atoms with van der Waals surface area (Å²) < 4.78 is 5.18. The van der Waals surface area contributed by atoms with Crippen LogP contribution in [-0.4, -0.2) is 7.11 Å². The highest BCUT2D eigenvalue weighted by atomic mass is 16.5. The molecule has 1 aromatic carbocycles. The highest BCUT2D eigenvalue weighted by molar-refractivity contribution is 5.47. The Morgan fingerprint density at radius 3 is 2.54 bits per heavy atom. The van der Waals surface area contributed by atoms with E-state index in [1.54, 1.807) is 13.2 Å². The number of rotatable bonds is 2. The van der Waals surface area contributed by atoms with Crippen LogP contribution in [0.25, 0.3) is 0 Å². The van der Waals surface area contributed by atoms with E-state index < -0.39 is 0 Å². The van der Waals surface area contributed by atoms with Gasteiger partial charge < -0.3 is 4.74 Å². The van der Waals surface area contributed by atoms with Crippen LogP contribution >= 0.6 is 0 Å².